The number of sulfonamides is 1. The number of hydrogen-bond acceptors (Lipinski definition) is 7. The Labute approximate surface area is 272 Å². The molecule has 1 fully saturated rings. The number of nitrogens with one attached hydrogen (secondary N) is 1. The summed E-state index contributed by atoms with van der Waals surface area (Å²) >= 11 is 6.42. The number of nitrogens with zero attached hydrogens (tertiary/aromatic N) is 1. The summed E-state index contributed by atoms with van der Waals surface area (Å²) in [6, 6.07) is 11.5. The van der Waals surface area contributed by atoms with E-state index in [0.29, 0.717) is 36.2 Å². The van der Waals surface area contributed by atoms with Crippen molar-refractivity contribution in [3.8, 4) is 5.75 Å². The molecule has 1 spiro atoms. The number of fused-ring (bicyclic) bond motifs is 4. The monoisotopic (exact) mass is 656 g/mol. The molecular weight excluding hydrogens is 612 g/mol. The minimum atomic E-state index is -3.98. The lowest BCUT2D eigenvalue weighted by Crippen LogP contribution is -2.49. The molecule has 2 aliphatic carbocycles. The predicted octanol–water partition coefficient (Wildman–Crippen LogP) is 5.92. The highest BCUT2D eigenvalue weighted by molar-refractivity contribution is 7.90. The Hall–Kier alpha value is -2.59. The molecule has 0 radical (unpaired) electrons. The molecule has 1 saturated carbocycles. The van der Waals surface area contributed by atoms with Gasteiger partial charge in [0.2, 0.25) is 10.0 Å². The van der Waals surface area contributed by atoms with Gasteiger partial charge in [-0.2, -0.15) is 0 Å². The molecule has 6 rings (SSSR count). The number of amides is 1. The van der Waals surface area contributed by atoms with Crippen molar-refractivity contribution in [2.24, 2.45) is 17.8 Å². The maximum absolute atomic E-state index is 13.6. The minimum absolute atomic E-state index is 0.0315. The van der Waals surface area contributed by atoms with E-state index in [-0.39, 0.29) is 30.5 Å². The molecule has 0 saturated heterocycles. The van der Waals surface area contributed by atoms with Crippen molar-refractivity contribution in [3.63, 3.8) is 0 Å². The van der Waals surface area contributed by atoms with Crippen molar-refractivity contribution in [1.29, 1.82) is 0 Å². The molecule has 244 valence electrons. The molecule has 4 aliphatic rings. The van der Waals surface area contributed by atoms with E-state index in [1.807, 2.05) is 25.1 Å². The Kier molecular flexibility index (Phi) is 9.53. The maximum atomic E-state index is 13.6. The zero-order valence-corrected chi connectivity index (χ0v) is 28.0. The molecule has 3 unspecified atom stereocenters. The zero-order chi connectivity index (χ0) is 31.8. The average molecular weight is 657 g/mol. The molecule has 8 nitrogen and oxygen atoms in total. The van der Waals surface area contributed by atoms with E-state index in [4.69, 9.17) is 25.8 Å². The van der Waals surface area contributed by atoms with Gasteiger partial charge in [-0.25, -0.2) is 13.1 Å². The van der Waals surface area contributed by atoms with Gasteiger partial charge in [0, 0.05) is 49.9 Å². The summed E-state index contributed by atoms with van der Waals surface area (Å²) in [5.41, 5.74) is 3.42. The predicted molar refractivity (Wildman–Crippen MR) is 177 cm³/mol. The molecular formula is C35H45ClN2O6S. The normalized spacial score (nSPS) is 31.9. The number of halogens is 1. The van der Waals surface area contributed by atoms with E-state index >= 15 is 0 Å². The average Bonchev–Trinajstić information content (AvgIpc) is 3.15. The number of methoxy groups -OCH3 is 2. The van der Waals surface area contributed by atoms with Gasteiger partial charge in [0.05, 0.1) is 23.6 Å². The highest BCUT2D eigenvalue weighted by Crippen LogP contribution is 2.47. The lowest BCUT2D eigenvalue weighted by atomic mass is 9.68. The van der Waals surface area contributed by atoms with Crippen LogP contribution in [0.15, 0.2) is 48.6 Å². The highest BCUT2D eigenvalue weighted by Gasteiger charge is 2.44. The van der Waals surface area contributed by atoms with E-state index in [2.05, 4.69) is 33.9 Å². The quantitative estimate of drug-likeness (QED) is 0.409. The molecule has 6 atom stereocenters. The van der Waals surface area contributed by atoms with Crippen molar-refractivity contribution in [1.82, 2.24) is 4.72 Å². The van der Waals surface area contributed by atoms with E-state index in [9.17, 15) is 13.2 Å². The summed E-state index contributed by atoms with van der Waals surface area (Å²) in [6.45, 7) is 4.32. The molecule has 2 aromatic rings. The number of rotatable bonds is 4. The van der Waals surface area contributed by atoms with E-state index in [1.54, 1.807) is 20.3 Å². The fourth-order valence-electron chi connectivity index (χ4n) is 7.90. The van der Waals surface area contributed by atoms with E-state index in [1.165, 1.54) is 11.1 Å². The van der Waals surface area contributed by atoms with Crippen LogP contribution < -0.4 is 14.4 Å². The van der Waals surface area contributed by atoms with Crippen LogP contribution >= 0.6 is 11.6 Å². The maximum Gasteiger partial charge on any atom is 0.264 e. The molecule has 1 N–H and O–H groups in total. The summed E-state index contributed by atoms with van der Waals surface area (Å²) in [5.74, 6) is 0.779. The first-order chi connectivity index (χ1) is 21.6. The molecule has 2 aliphatic heterocycles. The summed E-state index contributed by atoms with van der Waals surface area (Å²) in [4.78, 5) is 16.0. The van der Waals surface area contributed by atoms with Crippen LogP contribution in [0.4, 0.5) is 5.69 Å². The van der Waals surface area contributed by atoms with Crippen LogP contribution in [-0.4, -0.2) is 66.2 Å². The van der Waals surface area contributed by atoms with Crippen LogP contribution in [0.5, 0.6) is 5.75 Å². The second kappa shape index (κ2) is 13.3. The van der Waals surface area contributed by atoms with Gasteiger partial charge in [0.15, 0.2) is 0 Å². The Bertz CT molecular complexity index is 1550. The van der Waals surface area contributed by atoms with Crippen LogP contribution in [0.2, 0.25) is 5.02 Å². The summed E-state index contributed by atoms with van der Waals surface area (Å²) < 4.78 is 47.4. The standard InChI is InChI=1S/C35H45ClN2O6S/c1-23-6-12-32(43-3)29-10-7-26(29)20-38-21-35(15-4-5-24-18-27(36)9-11-30(24)35)22-44-33-13-8-25(19-31(33)38)34(39)37-45(40,41)28(17-23)14-16-42-2/h6,8-9,11-13,18-19,23,26,28-29,32H,4-5,7,10,14-17,20-22H2,1-3H3,(H,37,39)/b12-6+/t23-,26?,28-,29?,32?,35-/m0/s1. The Balaban J connectivity index is 1.42. The first kappa shape index (κ1) is 32.4. The van der Waals surface area contributed by atoms with E-state index in [0.717, 1.165) is 55.9 Å². The lowest BCUT2D eigenvalue weighted by Gasteiger charge is -2.46. The number of benzene rings is 2. The fraction of sp³-hybridized carbons (Fsp3) is 0.571. The van der Waals surface area contributed by atoms with Gasteiger partial charge in [-0.3, -0.25) is 4.79 Å². The summed E-state index contributed by atoms with van der Waals surface area (Å²) in [7, 11) is -0.671. The fourth-order valence-corrected chi connectivity index (χ4v) is 9.60. The van der Waals surface area contributed by atoms with Crippen molar-refractivity contribution in [3.05, 3.63) is 70.3 Å². The number of ether oxygens (including phenoxy) is 3. The molecule has 10 heteroatoms. The first-order valence-corrected chi connectivity index (χ1v) is 18.1. The second-order valence-corrected chi connectivity index (χ2v) is 15.9. The third kappa shape index (κ3) is 6.64. The van der Waals surface area contributed by atoms with Gasteiger partial charge in [-0.15, -0.1) is 0 Å². The van der Waals surface area contributed by atoms with Gasteiger partial charge >= 0.3 is 0 Å². The van der Waals surface area contributed by atoms with Crippen LogP contribution in [-0.2, 0) is 31.3 Å². The van der Waals surface area contributed by atoms with Gasteiger partial charge in [0.1, 0.15) is 5.75 Å². The number of aryl methyl sites for hydroxylation is 1. The first-order valence-electron chi connectivity index (χ1n) is 16.2. The Morgan fingerprint density at radius 3 is 2.73 bits per heavy atom. The van der Waals surface area contributed by atoms with Crippen molar-refractivity contribution >= 4 is 33.2 Å². The van der Waals surface area contributed by atoms with Crippen LogP contribution in [0, 0.1) is 17.8 Å². The second-order valence-electron chi connectivity index (χ2n) is 13.5. The smallest absolute Gasteiger partial charge is 0.264 e. The largest absolute Gasteiger partial charge is 0.490 e. The third-order valence-electron chi connectivity index (χ3n) is 10.5. The molecule has 45 heavy (non-hydrogen) atoms. The Morgan fingerprint density at radius 2 is 1.98 bits per heavy atom. The van der Waals surface area contributed by atoms with Crippen molar-refractivity contribution in [2.75, 3.05) is 45.4 Å². The van der Waals surface area contributed by atoms with Crippen LogP contribution in [0.3, 0.4) is 0 Å². The van der Waals surface area contributed by atoms with Gasteiger partial charge < -0.3 is 19.1 Å². The number of carbonyl (C=O) groups is 1. The SMILES string of the molecule is COCC[C@H]1C[C@@H](C)/C=C/C(OC)C2CCC2CN2C[C@@]3(CCCc4cc(Cl)ccc43)COc3ccc(cc32)C(=O)NS1(=O)=O. The van der Waals surface area contributed by atoms with Gasteiger partial charge in [-0.1, -0.05) is 36.7 Å². The van der Waals surface area contributed by atoms with Crippen molar-refractivity contribution in [2.45, 2.75) is 68.6 Å². The minimum Gasteiger partial charge on any atom is -0.490 e. The van der Waals surface area contributed by atoms with E-state index < -0.39 is 21.2 Å². The topological polar surface area (TPSA) is 94.2 Å². The highest BCUT2D eigenvalue weighted by atomic mass is 35.5. The van der Waals surface area contributed by atoms with Gasteiger partial charge in [0.25, 0.3) is 5.91 Å². The number of allylic oxidation sites excluding steroid dienone is 1. The zero-order valence-electron chi connectivity index (χ0n) is 26.5. The Morgan fingerprint density at radius 1 is 1.13 bits per heavy atom. The lowest BCUT2D eigenvalue weighted by molar-refractivity contribution is 0.0130. The molecule has 1 amide bonds. The number of carbonyl (C=O) groups excluding carboxylic acids is 1. The molecule has 2 heterocycles. The van der Waals surface area contributed by atoms with Crippen LogP contribution in [0.25, 0.3) is 0 Å². The molecule has 2 bridgehead atoms. The van der Waals surface area contributed by atoms with Crippen molar-refractivity contribution < 1.29 is 27.4 Å². The summed E-state index contributed by atoms with van der Waals surface area (Å²) in [5, 5.41) is -0.0409. The molecule has 2 aromatic carbocycles. The number of hydrogen-bond donors (Lipinski definition) is 1. The third-order valence-corrected chi connectivity index (χ3v) is 12.5. The van der Waals surface area contributed by atoms with Crippen LogP contribution in [0.1, 0.15) is 66.9 Å². The molecule has 0 aromatic heterocycles. The summed E-state index contributed by atoms with van der Waals surface area (Å²) in [6.07, 6.45) is 9.96. The number of anilines is 1. The van der Waals surface area contributed by atoms with Gasteiger partial charge in [-0.05, 0) is 104 Å².